The van der Waals surface area contributed by atoms with Crippen molar-refractivity contribution in [3.05, 3.63) is 35.4 Å². The highest BCUT2D eigenvalue weighted by Gasteiger charge is 2.29. The number of nitrogens with zero attached hydrogens (tertiary/aromatic N) is 5. The molecule has 3 aromatic heterocycles. The Morgan fingerprint density at radius 2 is 2.12 bits per heavy atom. The Bertz CT molecular complexity index is 964. The third-order valence-corrected chi connectivity index (χ3v) is 4.55. The van der Waals surface area contributed by atoms with E-state index in [1.54, 1.807) is 17.1 Å². The van der Waals surface area contributed by atoms with Crippen LogP contribution in [0.25, 0.3) is 11.0 Å². The van der Waals surface area contributed by atoms with Crippen LogP contribution in [0, 0.1) is 6.92 Å². The Kier molecular flexibility index (Phi) is 3.59. The van der Waals surface area contributed by atoms with E-state index in [9.17, 15) is 4.79 Å². The van der Waals surface area contributed by atoms with E-state index in [-0.39, 0.29) is 11.9 Å². The van der Waals surface area contributed by atoms with Gasteiger partial charge in [0.25, 0.3) is 5.91 Å². The Morgan fingerprint density at radius 3 is 2.72 bits per heavy atom. The average molecular weight is 338 g/mol. The molecule has 3 heterocycles. The first-order chi connectivity index (χ1) is 11.9. The van der Waals surface area contributed by atoms with Crippen LogP contribution < -0.4 is 5.32 Å². The monoisotopic (exact) mass is 338 g/mol. The molecule has 1 N–H and O–H groups in total. The molecule has 130 valence electrons. The second-order valence-electron chi connectivity index (χ2n) is 7.05. The number of fused-ring (bicyclic) bond motifs is 1. The van der Waals surface area contributed by atoms with Crippen LogP contribution in [0.2, 0.25) is 0 Å². The van der Waals surface area contributed by atoms with Gasteiger partial charge in [0.05, 0.1) is 28.5 Å². The number of rotatable bonds is 4. The number of hydrogen-bond donors (Lipinski definition) is 1. The minimum absolute atomic E-state index is 0.145. The summed E-state index contributed by atoms with van der Waals surface area (Å²) in [5.74, 6) is 0.318. The predicted octanol–water partition coefficient (Wildman–Crippen LogP) is 3.18. The molecule has 1 fully saturated rings. The summed E-state index contributed by atoms with van der Waals surface area (Å²) in [4.78, 5) is 17.8. The number of nitrogens with one attached hydrogen (secondary N) is 1. The fourth-order valence-electron chi connectivity index (χ4n) is 3.14. The molecule has 1 aliphatic rings. The van der Waals surface area contributed by atoms with Gasteiger partial charge in [0.15, 0.2) is 5.65 Å². The van der Waals surface area contributed by atoms with Crippen molar-refractivity contribution in [2.24, 2.45) is 7.05 Å². The number of pyridine rings is 1. The highest BCUT2D eigenvalue weighted by Crippen LogP contribution is 2.40. The summed E-state index contributed by atoms with van der Waals surface area (Å²) in [6, 6.07) is 2.12. The molecule has 0 saturated heterocycles. The highest BCUT2D eigenvalue weighted by molar-refractivity contribution is 6.12. The predicted molar refractivity (Wildman–Crippen MR) is 95.8 cm³/mol. The smallest absolute Gasteiger partial charge is 0.256 e. The largest absolute Gasteiger partial charge is 0.319 e. The Labute approximate surface area is 146 Å². The molecule has 1 amide bonds. The van der Waals surface area contributed by atoms with E-state index in [1.807, 2.05) is 24.7 Å². The molecule has 25 heavy (non-hydrogen) atoms. The zero-order valence-electron chi connectivity index (χ0n) is 14.9. The fourth-order valence-corrected chi connectivity index (χ4v) is 3.14. The number of hydrogen-bond acceptors (Lipinski definition) is 4. The van der Waals surface area contributed by atoms with Crippen molar-refractivity contribution in [2.45, 2.75) is 45.6 Å². The van der Waals surface area contributed by atoms with E-state index in [2.05, 4.69) is 29.4 Å². The van der Waals surface area contributed by atoms with Gasteiger partial charge in [0.2, 0.25) is 0 Å². The first-order valence-corrected chi connectivity index (χ1v) is 8.63. The molecule has 7 nitrogen and oxygen atoms in total. The van der Waals surface area contributed by atoms with Gasteiger partial charge in [-0.15, -0.1) is 0 Å². The van der Waals surface area contributed by atoms with E-state index in [4.69, 9.17) is 4.98 Å². The zero-order chi connectivity index (χ0) is 17.7. The number of amides is 1. The quantitative estimate of drug-likeness (QED) is 0.792. The minimum atomic E-state index is -0.145. The maximum Gasteiger partial charge on any atom is 0.256 e. The summed E-state index contributed by atoms with van der Waals surface area (Å²) in [5, 5.41) is 12.5. The van der Waals surface area contributed by atoms with Crippen LogP contribution in [0.3, 0.4) is 0 Å². The molecule has 3 aromatic rings. The summed E-state index contributed by atoms with van der Waals surface area (Å²) in [7, 11) is 1.82. The van der Waals surface area contributed by atoms with Crippen LogP contribution in [0.5, 0.6) is 0 Å². The van der Waals surface area contributed by atoms with Crippen molar-refractivity contribution in [2.75, 3.05) is 5.32 Å². The summed E-state index contributed by atoms with van der Waals surface area (Å²) < 4.78 is 3.58. The Morgan fingerprint density at radius 1 is 1.36 bits per heavy atom. The van der Waals surface area contributed by atoms with Gasteiger partial charge in [-0.3, -0.25) is 9.48 Å². The molecular formula is C18H22N6O. The van der Waals surface area contributed by atoms with Gasteiger partial charge in [-0.05, 0) is 39.7 Å². The van der Waals surface area contributed by atoms with E-state index < -0.39 is 0 Å². The SMILES string of the molecule is Cc1nn(C(C)C)c2nc(C3CC3)cc(C(=O)Nc3cnn(C)c3)c12. The van der Waals surface area contributed by atoms with Crippen LogP contribution >= 0.6 is 0 Å². The molecule has 0 unspecified atom stereocenters. The molecule has 1 saturated carbocycles. The summed E-state index contributed by atoms with van der Waals surface area (Å²) in [5.41, 5.74) is 3.94. The van der Waals surface area contributed by atoms with Gasteiger partial charge in [-0.2, -0.15) is 10.2 Å². The molecule has 0 radical (unpaired) electrons. The third kappa shape index (κ3) is 2.79. The van der Waals surface area contributed by atoms with Crippen molar-refractivity contribution in [1.82, 2.24) is 24.5 Å². The Hall–Kier alpha value is -2.70. The lowest BCUT2D eigenvalue weighted by molar-refractivity contribution is 0.102. The molecule has 0 atom stereocenters. The van der Waals surface area contributed by atoms with Gasteiger partial charge in [0.1, 0.15) is 0 Å². The van der Waals surface area contributed by atoms with E-state index in [0.29, 0.717) is 17.2 Å². The van der Waals surface area contributed by atoms with Crippen molar-refractivity contribution in [3.63, 3.8) is 0 Å². The first-order valence-electron chi connectivity index (χ1n) is 8.63. The van der Waals surface area contributed by atoms with Crippen LogP contribution in [0.1, 0.15) is 60.4 Å². The molecular weight excluding hydrogens is 316 g/mol. The van der Waals surface area contributed by atoms with Crippen molar-refractivity contribution in [3.8, 4) is 0 Å². The van der Waals surface area contributed by atoms with Crippen LogP contribution in [-0.2, 0) is 7.05 Å². The minimum Gasteiger partial charge on any atom is -0.319 e. The average Bonchev–Trinajstić information content (AvgIpc) is 3.26. The molecule has 4 rings (SSSR count). The number of anilines is 1. The lowest BCUT2D eigenvalue weighted by atomic mass is 10.1. The van der Waals surface area contributed by atoms with Crippen molar-refractivity contribution >= 4 is 22.6 Å². The fraction of sp³-hybridized carbons (Fsp3) is 0.444. The molecule has 7 heteroatoms. The standard InChI is InChI=1S/C18H22N6O/c1-10(2)24-17-16(11(3)22-24)14(7-15(21-17)12-5-6-12)18(25)20-13-8-19-23(4)9-13/h7-10,12H,5-6H2,1-4H3,(H,20,25). The van der Waals surface area contributed by atoms with Crippen LogP contribution in [0.15, 0.2) is 18.5 Å². The summed E-state index contributed by atoms with van der Waals surface area (Å²) in [6.45, 7) is 6.08. The van der Waals surface area contributed by atoms with E-state index in [1.165, 1.54) is 0 Å². The van der Waals surface area contributed by atoms with Gasteiger partial charge in [0, 0.05) is 30.9 Å². The third-order valence-electron chi connectivity index (χ3n) is 4.55. The first kappa shape index (κ1) is 15.8. The molecule has 0 aliphatic heterocycles. The van der Waals surface area contributed by atoms with Gasteiger partial charge in [-0.1, -0.05) is 0 Å². The van der Waals surface area contributed by atoms with Gasteiger partial charge in [-0.25, -0.2) is 9.67 Å². The second kappa shape index (κ2) is 5.68. The number of aryl methyl sites for hydroxylation is 2. The number of aromatic nitrogens is 5. The topological polar surface area (TPSA) is 77.6 Å². The summed E-state index contributed by atoms with van der Waals surface area (Å²) in [6.07, 6.45) is 5.69. The zero-order valence-corrected chi connectivity index (χ0v) is 14.9. The lowest BCUT2D eigenvalue weighted by Gasteiger charge is -2.10. The Balaban J connectivity index is 1.84. The normalized spacial score (nSPS) is 14.4. The summed E-state index contributed by atoms with van der Waals surface area (Å²) >= 11 is 0. The molecule has 1 aliphatic carbocycles. The van der Waals surface area contributed by atoms with Gasteiger partial charge < -0.3 is 5.32 Å². The maximum atomic E-state index is 13.0. The lowest BCUT2D eigenvalue weighted by Crippen LogP contribution is -2.13. The van der Waals surface area contributed by atoms with Gasteiger partial charge >= 0.3 is 0 Å². The van der Waals surface area contributed by atoms with Crippen LogP contribution in [0.4, 0.5) is 5.69 Å². The maximum absolute atomic E-state index is 13.0. The molecule has 0 bridgehead atoms. The second-order valence-corrected chi connectivity index (χ2v) is 7.05. The highest BCUT2D eigenvalue weighted by atomic mass is 16.1. The van der Waals surface area contributed by atoms with Crippen molar-refractivity contribution < 1.29 is 4.79 Å². The van der Waals surface area contributed by atoms with E-state index in [0.717, 1.165) is 35.3 Å². The van der Waals surface area contributed by atoms with Crippen LogP contribution in [-0.4, -0.2) is 30.5 Å². The van der Waals surface area contributed by atoms with Crippen molar-refractivity contribution in [1.29, 1.82) is 0 Å². The van der Waals surface area contributed by atoms with E-state index >= 15 is 0 Å². The number of carbonyl (C=O) groups is 1. The molecule has 0 aromatic carbocycles. The number of carbonyl (C=O) groups excluding carboxylic acids is 1. The molecule has 0 spiro atoms.